The number of rotatable bonds is 0. The molecule has 0 aromatic rings. The molecule has 1 aliphatic carbocycles. The molecule has 1 aliphatic rings. The van der Waals surface area contributed by atoms with E-state index in [1.54, 1.807) is 0 Å². The van der Waals surface area contributed by atoms with E-state index in [1.165, 1.54) is 12.8 Å². The standard InChI is InChI=1S/C9H18/c1-7-5-6-8(2)9(7,3)4/h7-8H,5-6H2,1-4H3/t7-,8?/m0/s1. The SMILES string of the molecule is CC1CC[C@H](C)C1(C)C. The highest BCUT2D eigenvalue weighted by atomic mass is 14.4. The van der Waals surface area contributed by atoms with E-state index in [4.69, 9.17) is 0 Å². The predicted molar refractivity (Wildman–Crippen MR) is 41.3 cm³/mol. The van der Waals surface area contributed by atoms with Crippen molar-refractivity contribution in [1.29, 1.82) is 0 Å². The number of hydrogen-bond donors (Lipinski definition) is 0. The monoisotopic (exact) mass is 126 g/mol. The van der Waals surface area contributed by atoms with Crippen LogP contribution in [0.1, 0.15) is 40.5 Å². The minimum Gasteiger partial charge on any atom is -0.0620 e. The third-order valence-electron chi connectivity index (χ3n) is 3.57. The predicted octanol–water partition coefficient (Wildman–Crippen LogP) is 3.08. The van der Waals surface area contributed by atoms with Gasteiger partial charge in [0.15, 0.2) is 0 Å². The fourth-order valence-corrected chi connectivity index (χ4v) is 1.73. The van der Waals surface area contributed by atoms with Gasteiger partial charge < -0.3 is 0 Å². The molecule has 0 spiro atoms. The lowest BCUT2D eigenvalue weighted by Crippen LogP contribution is -2.20. The highest BCUT2D eigenvalue weighted by molar-refractivity contribution is 4.86. The van der Waals surface area contributed by atoms with Crippen LogP contribution in [0, 0.1) is 17.3 Å². The van der Waals surface area contributed by atoms with Crippen molar-refractivity contribution in [3.63, 3.8) is 0 Å². The van der Waals surface area contributed by atoms with Crippen LogP contribution in [0.25, 0.3) is 0 Å². The van der Waals surface area contributed by atoms with E-state index in [1.807, 2.05) is 0 Å². The van der Waals surface area contributed by atoms with E-state index in [9.17, 15) is 0 Å². The van der Waals surface area contributed by atoms with Gasteiger partial charge in [-0.3, -0.25) is 0 Å². The number of hydrogen-bond acceptors (Lipinski definition) is 0. The van der Waals surface area contributed by atoms with Gasteiger partial charge in [0.05, 0.1) is 0 Å². The molecule has 0 heterocycles. The van der Waals surface area contributed by atoms with Gasteiger partial charge in [-0.25, -0.2) is 0 Å². The molecular weight excluding hydrogens is 108 g/mol. The first-order valence-corrected chi connectivity index (χ1v) is 4.05. The van der Waals surface area contributed by atoms with Crippen LogP contribution in [0.3, 0.4) is 0 Å². The fourth-order valence-electron chi connectivity index (χ4n) is 1.73. The Hall–Kier alpha value is 0. The highest BCUT2D eigenvalue weighted by Gasteiger charge is 2.37. The van der Waals surface area contributed by atoms with Gasteiger partial charge in [-0.15, -0.1) is 0 Å². The summed E-state index contributed by atoms with van der Waals surface area (Å²) in [5.41, 5.74) is 0.611. The second kappa shape index (κ2) is 2.00. The van der Waals surface area contributed by atoms with E-state index < -0.39 is 0 Å². The maximum Gasteiger partial charge on any atom is -0.0303 e. The van der Waals surface area contributed by atoms with Crippen molar-refractivity contribution in [3.8, 4) is 0 Å². The summed E-state index contributed by atoms with van der Waals surface area (Å²) in [6.45, 7) is 9.55. The molecule has 2 atom stereocenters. The Labute approximate surface area is 58.7 Å². The summed E-state index contributed by atoms with van der Waals surface area (Å²) in [7, 11) is 0. The van der Waals surface area contributed by atoms with Crippen molar-refractivity contribution in [3.05, 3.63) is 0 Å². The van der Waals surface area contributed by atoms with Gasteiger partial charge in [0.25, 0.3) is 0 Å². The zero-order valence-electron chi connectivity index (χ0n) is 7.07. The minimum absolute atomic E-state index is 0.611. The maximum absolute atomic E-state index is 2.40. The molecule has 0 aromatic carbocycles. The highest BCUT2D eigenvalue weighted by Crippen LogP contribution is 2.46. The summed E-state index contributed by atoms with van der Waals surface area (Å²) in [6.07, 6.45) is 2.88. The Kier molecular flexibility index (Phi) is 1.58. The molecule has 1 unspecified atom stereocenters. The fraction of sp³-hybridized carbons (Fsp3) is 1.00. The molecule has 1 saturated carbocycles. The van der Waals surface area contributed by atoms with E-state index in [0.717, 1.165) is 11.8 Å². The van der Waals surface area contributed by atoms with E-state index >= 15 is 0 Å². The molecule has 0 nitrogen and oxygen atoms in total. The molecule has 0 N–H and O–H groups in total. The zero-order chi connectivity index (χ0) is 7.07. The summed E-state index contributed by atoms with van der Waals surface area (Å²) in [5.74, 6) is 1.87. The van der Waals surface area contributed by atoms with Crippen LogP contribution in [0.4, 0.5) is 0 Å². The van der Waals surface area contributed by atoms with Crippen molar-refractivity contribution >= 4 is 0 Å². The van der Waals surface area contributed by atoms with Crippen molar-refractivity contribution in [1.82, 2.24) is 0 Å². The van der Waals surface area contributed by atoms with Crippen LogP contribution < -0.4 is 0 Å². The molecule has 54 valence electrons. The molecule has 1 fully saturated rings. The summed E-state index contributed by atoms with van der Waals surface area (Å²) < 4.78 is 0. The van der Waals surface area contributed by atoms with Gasteiger partial charge in [-0.1, -0.05) is 27.7 Å². The van der Waals surface area contributed by atoms with Gasteiger partial charge in [0, 0.05) is 0 Å². The molecule has 0 saturated heterocycles. The molecule has 0 aliphatic heterocycles. The quantitative estimate of drug-likeness (QED) is 0.468. The summed E-state index contributed by atoms with van der Waals surface area (Å²) in [6, 6.07) is 0. The van der Waals surface area contributed by atoms with Gasteiger partial charge in [0.1, 0.15) is 0 Å². The van der Waals surface area contributed by atoms with Crippen molar-refractivity contribution in [2.75, 3.05) is 0 Å². The molecule has 9 heavy (non-hydrogen) atoms. The molecule has 0 amide bonds. The third-order valence-corrected chi connectivity index (χ3v) is 3.57. The topological polar surface area (TPSA) is 0 Å². The lowest BCUT2D eigenvalue weighted by Gasteiger charge is -2.28. The van der Waals surface area contributed by atoms with Crippen molar-refractivity contribution in [2.24, 2.45) is 17.3 Å². The molecule has 0 radical (unpaired) electrons. The maximum atomic E-state index is 2.40. The van der Waals surface area contributed by atoms with E-state index in [2.05, 4.69) is 27.7 Å². The van der Waals surface area contributed by atoms with E-state index in [-0.39, 0.29) is 0 Å². The van der Waals surface area contributed by atoms with Crippen LogP contribution in [0.15, 0.2) is 0 Å². The van der Waals surface area contributed by atoms with Gasteiger partial charge >= 0.3 is 0 Å². The van der Waals surface area contributed by atoms with E-state index in [0.29, 0.717) is 5.41 Å². The largest absolute Gasteiger partial charge is 0.0620 e. The second-order valence-corrected chi connectivity index (χ2v) is 4.20. The lowest BCUT2D eigenvalue weighted by atomic mass is 9.77. The molecule has 1 rings (SSSR count). The van der Waals surface area contributed by atoms with Crippen LogP contribution >= 0.6 is 0 Å². The first kappa shape index (κ1) is 7.11. The Morgan fingerprint density at radius 2 is 1.33 bits per heavy atom. The lowest BCUT2D eigenvalue weighted by molar-refractivity contribution is 0.212. The Bertz CT molecular complexity index is 90.6. The molecule has 0 heteroatoms. The average Bonchev–Trinajstić information content (AvgIpc) is 1.96. The first-order valence-electron chi connectivity index (χ1n) is 4.05. The van der Waals surface area contributed by atoms with Crippen LogP contribution in [0.2, 0.25) is 0 Å². The third kappa shape index (κ3) is 0.997. The Morgan fingerprint density at radius 3 is 1.44 bits per heavy atom. The van der Waals surface area contributed by atoms with Crippen LogP contribution in [0.5, 0.6) is 0 Å². The normalized spacial score (nSPS) is 41.3. The molecule has 0 bridgehead atoms. The summed E-state index contributed by atoms with van der Waals surface area (Å²) in [5, 5.41) is 0. The summed E-state index contributed by atoms with van der Waals surface area (Å²) >= 11 is 0. The Morgan fingerprint density at radius 1 is 1.00 bits per heavy atom. The van der Waals surface area contributed by atoms with Crippen LogP contribution in [-0.2, 0) is 0 Å². The zero-order valence-corrected chi connectivity index (χ0v) is 7.07. The van der Waals surface area contributed by atoms with Crippen molar-refractivity contribution < 1.29 is 0 Å². The molecule has 0 aromatic heterocycles. The van der Waals surface area contributed by atoms with Gasteiger partial charge in [-0.05, 0) is 30.1 Å². The first-order chi connectivity index (χ1) is 4.05. The average molecular weight is 126 g/mol. The van der Waals surface area contributed by atoms with Crippen LogP contribution in [-0.4, -0.2) is 0 Å². The minimum atomic E-state index is 0.611. The summed E-state index contributed by atoms with van der Waals surface area (Å²) in [4.78, 5) is 0. The van der Waals surface area contributed by atoms with Gasteiger partial charge in [-0.2, -0.15) is 0 Å². The van der Waals surface area contributed by atoms with Crippen molar-refractivity contribution in [2.45, 2.75) is 40.5 Å². The smallest absolute Gasteiger partial charge is 0.0303 e. The van der Waals surface area contributed by atoms with Gasteiger partial charge in [0.2, 0.25) is 0 Å². The Balaban J connectivity index is 2.66. The second-order valence-electron chi connectivity index (χ2n) is 4.20. The molecular formula is C9H18.